The summed E-state index contributed by atoms with van der Waals surface area (Å²) in [6.45, 7) is 2.25. The highest BCUT2D eigenvalue weighted by atomic mass is 16.5. The number of nitrogens with zero attached hydrogens (tertiary/aromatic N) is 1. The number of carboxylic acids is 1. The maximum atomic E-state index is 10.00. The fourth-order valence-electron chi connectivity index (χ4n) is 0.548. The Morgan fingerprint density at radius 1 is 1.75 bits per heavy atom. The van der Waals surface area contributed by atoms with E-state index < -0.39 is 5.97 Å². The molecule has 0 aromatic heterocycles. The molecule has 0 bridgehead atoms. The van der Waals surface area contributed by atoms with Gasteiger partial charge in [0.1, 0.15) is 6.23 Å². The van der Waals surface area contributed by atoms with Gasteiger partial charge in [-0.25, -0.2) is 4.79 Å². The van der Waals surface area contributed by atoms with Crippen molar-refractivity contribution < 1.29 is 14.6 Å². The van der Waals surface area contributed by atoms with Gasteiger partial charge < -0.3 is 9.84 Å². The van der Waals surface area contributed by atoms with Crippen LogP contribution in [0.2, 0.25) is 0 Å². The number of ether oxygens (including phenoxy) is 1. The molecule has 0 aromatic rings. The molecule has 0 saturated heterocycles. The average molecular weight is 171 g/mol. The molecule has 0 amide bonds. The van der Waals surface area contributed by atoms with Crippen molar-refractivity contribution in [3.8, 4) is 11.8 Å². The van der Waals surface area contributed by atoms with Crippen LogP contribution in [0.3, 0.4) is 0 Å². The highest BCUT2D eigenvalue weighted by Gasteiger charge is 2.04. The van der Waals surface area contributed by atoms with Crippen molar-refractivity contribution in [2.45, 2.75) is 13.2 Å². The topological polar surface area (TPSA) is 49.8 Å². The molecule has 12 heavy (non-hydrogen) atoms. The third-order valence-corrected chi connectivity index (χ3v) is 1.49. The first-order valence-corrected chi connectivity index (χ1v) is 3.52. The van der Waals surface area contributed by atoms with Crippen LogP contribution >= 0.6 is 0 Å². The molecule has 0 rings (SSSR count). The SMILES string of the molecule is COC(C)N(C)CC#CC(=O)O. The first-order valence-electron chi connectivity index (χ1n) is 3.52. The molecular weight excluding hydrogens is 158 g/mol. The van der Waals surface area contributed by atoms with Crippen molar-refractivity contribution in [3.05, 3.63) is 0 Å². The van der Waals surface area contributed by atoms with Crippen molar-refractivity contribution in [2.75, 3.05) is 20.7 Å². The van der Waals surface area contributed by atoms with E-state index >= 15 is 0 Å². The summed E-state index contributed by atoms with van der Waals surface area (Å²) in [4.78, 5) is 11.8. The predicted molar refractivity (Wildman–Crippen MR) is 44.5 cm³/mol. The molecular formula is C8H13NO3. The van der Waals surface area contributed by atoms with E-state index in [9.17, 15) is 4.79 Å². The summed E-state index contributed by atoms with van der Waals surface area (Å²) in [6, 6.07) is 0. The van der Waals surface area contributed by atoms with Gasteiger partial charge in [-0.3, -0.25) is 4.90 Å². The molecule has 0 fully saturated rings. The second-order valence-electron chi connectivity index (χ2n) is 2.36. The van der Waals surface area contributed by atoms with E-state index in [0.29, 0.717) is 6.54 Å². The molecule has 0 aliphatic carbocycles. The first kappa shape index (κ1) is 11.0. The van der Waals surface area contributed by atoms with Crippen molar-refractivity contribution in [1.82, 2.24) is 4.90 Å². The summed E-state index contributed by atoms with van der Waals surface area (Å²) in [6.07, 6.45) is -0.0481. The lowest BCUT2D eigenvalue weighted by Crippen LogP contribution is -2.30. The Hall–Kier alpha value is -1.05. The molecule has 1 atom stereocenters. The van der Waals surface area contributed by atoms with E-state index in [-0.39, 0.29) is 6.23 Å². The quantitative estimate of drug-likeness (QED) is 0.479. The lowest BCUT2D eigenvalue weighted by atomic mass is 10.5. The van der Waals surface area contributed by atoms with E-state index in [0.717, 1.165) is 0 Å². The lowest BCUT2D eigenvalue weighted by Gasteiger charge is -2.20. The Kier molecular flexibility index (Phi) is 5.09. The number of hydrogen-bond donors (Lipinski definition) is 1. The van der Waals surface area contributed by atoms with Gasteiger partial charge in [-0.05, 0) is 14.0 Å². The molecule has 4 heteroatoms. The zero-order valence-electron chi connectivity index (χ0n) is 7.50. The minimum atomic E-state index is -1.10. The molecule has 0 spiro atoms. The van der Waals surface area contributed by atoms with Gasteiger partial charge in [-0.15, -0.1) is 0 Å². The van der Waals surface area contributed by atoms with Crippen LogP contribution in [0, 0.1) is 11.8 Å². The zero-order chi connectivity index (χ0) is 9.56. The Morgan fingerprint density at radius 2 is 2.33 bits per heavy atom. The van der Waals surface area contributed by atoms with Crippen LogP contribution in [-0.2, 0) is 9.53 Å². The number of carboxylic acid groups (broad SMARTS) is 1. The second kappa shape index (κ2) is 5.58. The molecule has 1 N–H and O–H groups in total. The van der Waals surface area contributed by atoms with Crippen LogP contribution in [0.25, 0.3) is 0 Å². The van der Waals surface area contributed by atoms with Crippen LogP contribution in [0.15, 0.2) is 0 Å². The number of methoxy groups -OCH3 is 1. The van der Waals surface area contributed by atoms with Gasteiger partial charge in [0.25, 0.3) is 0 Å². The largest absolute Gasteiger partial charge is 0.472 e. The fourth-order valence-corrected chi connectivity index (χ4v) is 0.548. The summed E-state index contributed by atoms with van der Waals surface area (Å²) in [5.41, 5.74) is 0. The molecule has 0 aliphatic heterocycles. The standard InChI is InChI=1S/C8H13NO3/c1-7(12-3)9(2)6-4-5-8(10)11/h7H,6H2,1-3H3,(H,10,11). The van der Waals surface area contributed by atoms with E-state index in [4.69, 9.17) is 9.84 Å². The second-order valence-corrected chi connectivity index (χ2v) is 2.36. The normalized spacial score (nSPS) is 12.0. The van der Waals surface area contributed by atoms with Crippen molar-refractivity contribution in [1.29, 1.82) is 0 Å². The zero-order valence-corrected chi connectivity index (χ0v) is 7.50. The molecule has 0 heterocycles. The number of aliphatic carboxylic acids is 1. The van der Waals surface area contributed by atoms with Gasteiger partial charge >= 0.3 is 5.97 Å². The minimum absolute atomic E-state index is 0.0481. The Morgan fingerprint density at radius 3 is 2.75 bits per heavy atom. The third kappa shape index (κ3) is 4.72. The fraction of sp³-hybridized carbons (Fsp3) is 0.625. The summed E-state index contributed by atoms with van der Waals surface area (Å²) in [5.74, 6) is 3.42. The van der Waals surface area contributed by atoms with E-state index in [1.54, 1.807) is 12.0 Å². The molecule has 4 nitrogen and oxygen atoms in total. The number of carbonyl (C=O) groups is 1. The first-order chi connectivity index (χ1) is 5.57. The molecule has 1 unspecified atom stereocenters. The summed E-state index contributed by atoms with van der Waals surface area (Å²) < 4.78 is 4.98. The van der Waals surface area contributed by atoms with Crippen LogP contribution in [-0.4, -0.2) is 42.9 Å². The van der Waals surface area contributed by atoms with Crippen molar-refractivity contribution in [3.63, 3.8) is 0 Å². The summed E-state index contributed by atoms with van der Waals surface area (Å²) in [7, 11) is 3.40. The van der Waals surface area contributed by atoms with Crippen LogP contribution in [0.1, 0.15) is 6.92 Å². The summed E-state index contributed by atoms with van der Waals surface area (Å²) in [5, 5.41) is 8.20. The van der Waals surface area contributed by atoms with Crippen molar-refractivity contribution >= 4 is 5.97 Å². The molecule has 0 radical (unpaired) electrons. The maximum absolute atomic E-state index is 10.00. The highest BCUT2D eigenvalue weighted by molar-refractivity contribution is 5.86. The Balaban J connectivity index is 3.80. The van der Waals surface area contributed by atoms with Gasteiger partial charge in [-0.2, -0.15) is 0 Å². The van der Waals surface area contributed by atoms with Crippen LogP contribution < -0.4 is 0 Å². The lowest BCUT2D eigenvalue weighted by molar-refractivity contribution is -0.130. The van der Waals surface area contributed by atoms with E-state index in [1.165, 1.54) is 0 Å². The smallest absolute Gasteiger partial charge is 0.381 e. The number of hydrogen-bond acceptors (Lipinski definition) is 3. The van der Waals surface area contributed by atoms with E-state index in [1.807, 2.05) is 19.9 Å². The minimum Gasteiger partial charge on any atom is -0.472 e. The Bertz CT molecular complexity index is 204. The molecule has 68 valence electrons. The molecule has 0 saturated carbocycles. The summed E-state index contributed by atoms with van der Waals surface area (Å²) >= 11 is 0. The van der Waals surface area contributed by atoms with E-state index in [2.05, 4.69) is 5.92 Å². The predicted octanol–water partition coefficient (Wildman–Crippen LogP) is -0.00140. The molecule has 0 aromatic carbocycles. The third-order valence-electron chi connectivity index (χ3n) is 1.49. The van der Waals surface area contributed by atoms with Crippen LogP contribution in [0.4, 0.5) is 0 Å². The van der Waals surface area contributed by atoms with Gasteiger partial charge in [0.05, 0.1) is 6.54 Å². The monoisotopic (exact) mass is 171 g/mol. The van der Waals surface area contributed by atoms with Crippen LogP contribution in [0.5, 0.6) is 0 Å². The van der Waals surface area contributed by atoms with Gasteiger partial charge in [-0.1, -0.05) is 5.92 Å². The number of rotatable bonds is 3. The van der Waals surface area contributed by atoms with Gasteiger partial charge in [0.2, 0.25) is 0 Å². The molecule has 0 aliphatic rings. The maximum Gasteiger partial charge on any atom is 0.381 e. The average Bonchev–Trinajstić information content (AvgIpc) is 2.02. The van der Waals surface area contributed by atoms with Gasteiger partial charge in [0.15, 0.2) is 0 Å². The Labute approximate surface area is 72.1 Å². The van der Waals surface area contributed by atoms with Gasteiger partial charge in [0, 0.05) is 13.0 Å². The van der Waals surface area contributed by atoms with Crippen molar-refractivity contribution in [2.24, 2.45) is 0 Å². The highest BCUT2D eigenvalue weighted by Crippen LogP contribution is 1.92.